The zero-order valence-corrected chi connectivity index (χ0v) is 12.7. The molecule has 0 spiro atoms. The number of amides is 1. The van der Waals surface area contributed by atoms with Crippen LogP contribution in [0, 0.1) is 0 Å². The standard InChI is InChI=1S/C16H25N3O/c1-4-10-17-15-9-8-14(11-18-15)16(20)19-12(2)6-5-7-13(19)3/h8-9,11-13H,4-7,10H2,1-3H3,(H,17,18). The highest BCUT2D eigenvalue weighted by molar-refractivity contribution is 5.94. The molecule has 2 rings (SSSR count). The van der Waals surface area contributed by atoms with E-state index >= 15 is 0 Å². The van der Waals surface area contributed by atoms with E-state index in [4.69, 9.17) is 0 Å². The Morgan fingerprint density at radius 1 is 1.35 bits per heavy atom. The zero-order chi connectivity index (χ0) is 14.5. The van der Waals surface area contributed by atoms with Gasteiger partial charge in [-0.15, -0.1) is 0 Å². The normalized spacial score (nSPS) is 22.6. The highest BCUT2D eigenvalue weighted by Gasteiger charge is 2.29. The molecule has 1 amide bonds. The minimum absolute atomic E-state index is 0.110. The monoisotopic (exact) mass is 275 g/mol. The van der Waals surface area contributed by atoms with Crippen LogP contribution in [0.15, 0.2) is 18.3 Å². The van der Waals surface area contributed by atoms with Crippen molar-refractivity contribution in [2.45, 2.75) is 58.5 Å². The highest BCUT2D eigenvalue weighted by atomic mass is 16.2. The second-order valence-electron chi connectivity index (χ2n) is 5.70. The van der Waals surface area contributed by atoms with Crippen molar-refractivity contribution in [2.75, 3.05) is 11.9 Å². The van der Waals surface area contributed by atoms with Crippen LogP contribution in [0.4, 0.5) is 5.82 Å². The number of nitrogens with one attached hydrogen (secondary N) is 1. The molecule has 4 nitrogen and oxygen atoms in total. The number of likely N-dealkylation sites (tertiary alicyclic amines) is 1. The summed E-state index contributed by atoms with van der Waals surface area (Å²) in [6.45, 7) is 7.29. The van der Waals surface area contributed by atoms with Gasteiger partial charge in [-0.25, -0.2) is 4.98 Å². The fourth-order valence-corrected chi connectivity index (χ4v) is 2.85. The van der Waals surface area contributed by atoms with Gasteiger partial charge in [0.25, 0.3) is 5.91 Å². The van der Waals surface area contributed by atoms with Gasteiger partial charge in [0.15, 0.2) is 0 Å². The van der Waals surface area contributed by atoms with E-state index in [-0.39, 0.29) is 5.91 Å². The molecule has 1 aromatic heterocycles. The number of rotatable bonds is 4. The molecule has 0 aromatic carbocycles. The second kappa shape index (κ2) is 6.73. The summed E-state index contributed by atoms with van der Waals surface area (Å²) in [7, 11) is 0. The summed E-state index contributed by atoms with van der Waals surface area (Å²) in [5.41, 5.74) is 0.688. The van der Waals surface area contributed by atoms with Gasteiger partial charge in [-0.3, -0.25) is 4.79 Å². The molecular weight excluding hydrogens is 250 g/mol. The average molecular weight is 275 g/mol. The molecule has 0 saturated carbocycles. The van der Waals surface area contributed by atoms with Gasteiger partial charge in [0.2, 0.25) is 0 Å². The topological polar surface area (TPSA) is 45.2 Å². The predicted octanol–water partition coefficient (Wildman–Crippen LogP) is 3.31. The van der Waals surface area contributed by atoms with Crippen LogP contribution in [0.3, 0.4) is 0 Å². The van der Waals surface area contributed by atoms with Crippen LogP contribution in [-0.2, 0) is 0 Å². The van der Waals surface area contributed by atoms with Gasteiger partial charge >= 0.3 is 0 Å². The third-order valence-corrected chi connectivity index (χ3v) is 3.99. The van der Waals surface area contributed by atoms with Crippen molar-refractivity contribution in [1.29, 1.82) is 0 Å². The Morgan fingerprint density at radius 3 is 2.60 bits per heavy atom. The lowest BCUT2D eigenvalue weighted by molar-refractivity contribution is 0.0510. The van der Waals surface area contributed by atoms with E-state index in [0.29, 0.717) is 17.6 Å². The lowest BCUT2D eigenvalue weighted by atomic mass is 9.96. The number of hydrogen-bond acceptors (Lipinski definition) is 3. The van der Waals surface area contributed by atoms with E-state index in [1.54, 1.807) is 6.20 Å². The summed E-state index contributed by atoms with van der Waals surface area (Å²) in [6.07, 6.45) is 6.16. The van der Waals surface area contributed by atoms with Crippen molar-refractivity contribution in [2.24, 2.45) is 0 Å². The SMILES string of the molecule is CCCNc1ccc(C(=O)N2C(C)CCCC2C)cn1. The third-order valence-electron chi connectivity index (χ3n) is 3.99. The Balaban J connectivity index is 2.08. The Morgan fingerprint density at radius 2 is 2.05 bits per heavy atom. The van der Waals surface area contributed by atoms with Gasteiger partial charge in [-0.2, -0.15) is 0 Å². The highest BCUT2D eigenvalue weighted by Crippen LogP contribution is 2.24. The third kappa shape index (κ3) is 3.30. The number of hydrogen-bond donors (Lipinski definition) is 1. The van der Waals surface area contributed by atoms with Crippen molar-refractivity contribution in [1.82, 2.24) is 9.88 Å². The number of carbonyl (C=O) groups excluding carboxylic acids is 1. The van der Waals surface area contributed by atoms with E-state index in [9.17, 15) is 4.79 Å². The first-order valence-electron chi connectivity index (χ1n) is 7.66. The molecule has 0 bridgehead atoms. The van der Waals surface area contributed by atoms with E-state index in [0.717, 1.165) is 31.6 Å². The molecule has 2 unspecified atom stereocenters. The molecule has 4 heteroatoms. The summed E-state index contributed by atoms with van der Waals surface area (Å²) >= 11 is 0. The smallest absolute Gasteiger partial charge is 0.255 e. The maximum absolute atomic E-state index is 12.6. The molecule has 0 aliphatic carbocycles. The summed E-state index contributed by atoms with van der Waals surface area (Å²) in [5.74, 6) is 0.947. The molecule has 20 heavy (non-hydrogen) atoms. The first-order chi connectivity index (χ1) is 9.63. The number of nitrogens with zero attached hydrogens (tertiary/aromatic N) is 2. The van der Waals surface area contributed by atoms with Crippen LogP contribution in [-0.4, -0.2) is 34.4 Å². The molecule has 1 aromatic rings. The quantitative estimate of drug-likeness (QED) is 0.917. The van der Waals surface area contributed by atoms with E-state index in [1.165, 1.54) is 6.42 Å². The Labute approximate surface area is 121 Å². The lowest BCUT2D eigenvalue weighted by Crippen LogP contribution is -2.47. The van der Waals surface area contributed by atoms with Crippen LogP contribution in [0.1, 0.15) is 56.8 Å². The van der Waals surface area contributed by atoms with Gasteiger partial charge in [0, 0.05) is 24.8 Å². The molecule has 0 radical (unpaired) electrons. The number of carbonyl (C=O) groups is 1. The van der Waals surface area contributed by atoms with Crippen LogP contribution in [0.2, 0.25) is 0 Å². The minimum atomic E-state index is 0.110. The van der Waals surface area contributed by atoms with E-state index < -0.39 is 0 Å². The summed E-state index contributed by atoms with van der Waals surface area (Å²) in [5, 5.41) is 3.22. The van der Waals surface area contributed by atoms with Crippen LogP contribution in [0.25, 0.3) is 0 Å². The number of pyridine rings is 1. The van der Waals surface area contributed by atoms with Crippen LogP contribution >= 0.6 is 0 Å². The molecule has 2 heterocycles. The minimum Gasteiger partial charge on any atom is -0.370 e. The summed E-state index contributed by atoms with van der Waals surface area (Å²) in [6, 6.07) is 4.41. The maximum atomic E-state index is 12.6. The van der Waals surface area contributed by atoms with E-state index in [1.807, 2.05) is 17.0 Å². The Kier molecular flexibility index (Phi) is 4.99. The number of aromatic nitrogens is 1. The molecule has 1 fully saturated rings. The Hall–Kier alpha value is -1.58. The van der Waals surface area contributed by atoms with Crippen LogP contribution in [0.5, 0.6) is 0 Å². The fourth-order valence-electron chi connectivity index (χ4n) is 2.85. The van der Waals surface area contributed by atoms with Gasteiger partial charge < -0.3 is 10.2 Å². The molecule has 110 valence electrons. The van der Waals surface area contributed by atoms with Crippen molar-refractivity contribution in [3.05, 3.63) is 23.9 Å². The first kappa shape index (κ1) is 14.8. The predicted molar refractivity (Wildman–Crippen MR) is 82.0 cm³/mol. The largest absolute Gasteiger partial charge is 0.370 e. The lowest BCUT2D eigenvalue weighted by Gasteiger charge is -2.39. The molecule has 2 atom stereocenters. The number of piperidine rings is 1. The molecule has 1 N–H and O–H groups in total. The molecule has 1 aliphatic heterocycles. The van der Waals surface area contributed by atoms with Crippen molar-refractivity contribution in [3.8, 4) is 0 Å². The molecule has 1 aliphatic rings. The molecular formula is C16H25N3O. The van der Waals surface area contributed by atoms with Crippen molar-refractivity contribution >= 4 is 11.7 Å². The van der Waals surface area contributed by atoms with Gasteiger partial charge in [0.1, 0.15) is 5.82 Å². The van der Waals surface area contributed by atoms with E-state index in [2.05, 4.69) is 31.1 Å². The fraction of sp³-hybridized carbons (Fsp3) is 0.625. The zero-order valence-electron chi connectivity index (χ0n) is 12.7. The average Bonchev–Trinajstić information content (AvgIpc) is 2.45. The first-order valence-corrected chi connectivity index (χ1v) is 7.66. The van der Waals surface area contributed by atoms with Crippen molar-refractivity contribution in [3.63, 3.8) is 0 Å². The summed E-state index contributed by atoms with van der Waals surface area (Å²) < 4.78 is 0. The van der Waals surface area contributed by atoms with Crippen LogP contribution < -0.4 is 5.32 Å². The number of anilines is 1. The maximum Gasteiger partial charge on any atom is 0.255 e. The second-order valence-corrected chi connectivity index (χ2v) is 5.70. The van der Waals surface area contributed by atoms with Gasteiger partial charge in [0.05, 0.1) is 5.56 Å². The summed E-state index contributed by atoms with van der Waals surface area (Å²) in [4.78, 5) is 18.9. The van der Waals surface area contributed by atoms with Gasteiger partial charge in [-0.1, -0.05) is 6.92 Å². The Bertz CT molecular complexity index is 434. The van der Waals surface area contributed by atoms with Crippen molar-refractivity contribution < 1.29 is 4.79 Å². The molecule has 1 saturated heterocycles. The van der Waals surface area contributed by atoms with Gasteiger partial charge in [-0.05, 0) is 51.7 Å².